The topological polar surface area (TPSA) is 55.8 Å². The van der Waals surface area contributed by atoms with Crippen LogP contribution in [0.25, 0.3) is 0 Å². The van der Waals surface area contributed by atoms with E-state index in [1.54, 1.807) is 14.0 Å². The van der Waals surface area contributed by atoms with Crippen molar-refractivity contribution >= 4 is 12.4 Å². The van der Waals surface area contributed by atoms with E-state index in [9.17, 15) is 9.59 Å². The molecule has 0 spiro atoms. The Labute approximate surface area is 121 Å². The molecule has 0 aliphatic carbocycles. The molecule has 5 heteroatoms. The molecule has 0 bridgehead atoms. The minimum absolute atomic E-state index is 0.307. The molecule has 1 aliphatic rings. The first-order valence-corrected chi connectivity index (χ1v) is 7.07. The fourth-order valence-corrected chi connectivity index (χ4v) is 2.47. The number of amides is 1. The number of aldehydes is 1. The van der Waals surface area contributed by atoms with Gasteiger partial charge in [-0.1, -0.05) is 6.92 Å². The molecular formula is C15H27NO4. The van der Waals surface area contributed by atoms with E-state index in [-0.39, 0.29) is 5.41 Å². The Morgan fingerprint density at radius 2 is 1.75 bits per heavy atom. The summed E-state index contributed by atoms with van der Waals surface area (Å²) in [5, 5.41) is 0. The van der Waals surface area contributed by atoms with Gasteiger partial charge in [0.1, 0.15) is 17.4 Å². The Morgan fingerprint density at radius 3 is 2.15 bits per heavy atom. The van der Waals surface area contributed by atoms with Crippen LogP contribution in [0.2, 0.25) is 0 Å². The molecule has 0 aromatic rings. The minimum Gasteiger partial charge on any atom is -0.444 e. The summed E-state index contributed by atoms with van der Waals surface area (Å²) < 4.78 is 10.8. The SMILES string of the molecule is CN(C(=O)OC(C)(C)C)C(C)(C=O)C1(C)CCOCC1. The van der Waals surface area contributed by atoms with E-state index in [2.05, 4.69) is 0 Å². The molecule has 0 radical (unpaired) electrons. The molecule has 116 valence electrons. The van der Waals surface area contributed by atoms with Gasteiger partial charge in [-0.3, -0.25) is 4.90 Å². The molecular weight excluding hydrogens is 258 g/mol. The van der Waals surface area contributed by atoms with E-state index in [1.165, 1.54) is 4.90 Å². The Kier molecular flexibility index (Phi) is 4.85. The Bertz CT molecular complexity index is 369. The number of carbonyl (C=O) groups excluding carboxylic acids is 2. The number of nitrogens with zero attached hydrogens (tertiary/aromatic N) is 1. The fourth-order valence-electron chi connectivity index (χ4n) is 2.47. The molecule has 1 rings (SSSR count). The molecule has 5 nitrogen and oxygen atoms in total. The molecule has 1 heterocycles. The Balaban J connectivity index is 2.97. The maximum absolute atomic E-state index is 12.3. The summed E-state index contributed by atoms with van der Waals surface area (Å²) in [6.07, 6.45) is 1.88. The van der Waals surface area contributed by atoms with Gasteiger partial charge in [0.15, 0.2) is 0 Å². The molecule has 1 aliphatic heterocycles. The highest BCUT2D eigenvalue weighted by atomic mass is 16.6. The summed E-state index contributed by atoms with van der Waals surface area (Å²) in [5.74, 6) is 0. The lowest BCUT2D eigenvalue weighted by Gasteiger charge is -2.49. The summed E-state index contributed by atoms with van der Waals surface area (Å²) in [6.45, 7) is 10.5. The maximum atomic E-state index is 12.3. The van der Waals surface area contributed by atoms with E-state index in [4.69, 9.17) is 9.47 Å². The third kappa shape index (κ3) is 3.32. The van der Waals surface area contributed by atoms with E-state index >= 15 is 0 Å². The van der Waals surface area contributed by atoms with Crippen molar-refractivity contribution in [3.8, 4) is 0 Å². The van der Waals surface area contributed by atoms with Gasteiger partial charge in [-0.2, -0.15) is 0 Å². The van der Waals surface area contributed by atoms with Gasteiger partial charge < -0.3 is 14.3 Å². The first kappa shape index (κ1) is 17.0. The van der Waals surface area contributed by atoms with Crippen molar-refractivity contribution in [1.82, 2.24) is 4.90 Å². The van der Waals surface area contributed by atoms with Crippen molar-refractivity contribution in [2.75, 3.05) is 20.3 Å². The first-order chi connectivity index (χ1) is 9.06. The van der Waals surface area contributed by atoms with E-state index in [1.807, 2.05) is 27.7 Å². The zero-order chi connectivity index (χ0) is 15.6. The summed E-state index contributed by atoms with van der Waals surface area (Å²) in [7, 11) is 1.63. The molecule has 0 aromatic carbocycles. The van der Waals surface area contributed by atoms with Crippen molar-refractivity contribution < 1.29 is 19.1 Å². The number of likely N-dealkylation sites (N-methyl/N-ethyl adjacent to an activating group) is 1. The zero-order valence-corrected chi connectivity index (χ0v) is 13.5. The van der Waals surface area contributed by atoms with Crippen LogP contribution < -0.4 is 0 Å². The second kappa shape index (κ2) is 5.72. The van der Waals surface area contributed by atoms with Crippen LogP contribution in [0, 0.1) is 5.41 Å². The van der Waals surface area contributed by atoms with Crippen LogP contribution >= 0.6 is 0 Å². The van der Waals surface area contributed by atoms with Crippen LogP contribution in [-0.4, -0.2) is 48.7 Å². The summed E-state index contributed by atoms with van der Waals surface area (Å²) in [6, 6.07) is 0. The predicted molar refractivity (Wildman–Crippen MR) is 76.6 cm³/mol. The van der Waals surface area contributed by atoms with Gasteiger partial charge >= 0.3 is 6.09 Å². The average Bonchev–Trinajstić information content (AvgIpc) is 2.35. The molecule has 0 aromatic heterocycles. The van der Waals surface area contributed by atoms with Gasteiger partial charge in [0.2, 0.25) is 0 Å². The van der Waals surface area contributed by atoms with Crippen LogP contribution in [0.4, 0.5) is 4.79 Å². The zero-order valence-electron chi connectivity index (χ0n) is 13.5. The number of ether oxygens (including phenoxy) is 2. The van der Waals surface area contributed by atoms with Gasteiger partial charge in [-0.15, -0.1) is 0 Å². The second-order valence-corrected chi connectivity index (χ2v) is 6.98. The highest BCUT2D eigenvalue weighted by Crippen LogP contribution is 2.42. The molecule has 1 fully saturated rings. The lowest BCUT2D eigenvalue weighted by atomic mass is 9.67. The normalized spacial score (nSPS) is 21.7. The van der Waals surface area contributed by atoms with E-state index in [0.717, 1.165) is 19.1 Å². The quantitative estimate of drug-likeness (QED) is 0.748. The monoisotopic (exact) mass is 285 g/mol. The predicted octanol–water partition coefficient (Wildman–Crippen LogP) is 2.63. The van der Waals surface area contributed by atoms with Crippen LogP contribution in [0.1, 0.15) is 47.5 Å². The number of hydrogen-bond donors (Lipinski definition) is 0. The van der Waals surface area contributed by atoms with Crippen LogP contribution in [-0.2, 0) is 14.3 Å². The van der Waals surface area contributed by atoms with Crippen LogP contribution in [0.15, 0.2) is 0 Å². The largest absolute Gasteiger partial charge is 0.444 e. The summed E-state index contributed by atoms with van der Waals surface area (Å²) >= 11 is 0. The molecule has 1 atom stereocenters. The average molecular weight is 285 g/mol. The van der Waals surface area contributed by atoms with Crippen LogP contribution in [0.5, 0.6) is 0 Å². The van der Waals surface area contributed by atoms with Crippen molar-refractivity contribution in [1.29, 1.82) is 0 Å². The van der Waals surface area contributed by atoms with Crippen LogP contribution in [0.3, 0.4) is 0 Å². The van der Waals surface area contributed by atoms with Gasteiger partial charge in [-0.25, -0.2) is 4.79 Å². The maximum Gasteiger partial charge on any atom is 0.410 e. The molecule has 0 N–H and O–H groups in total. The van der Waals surface area contributed by atoms with E-state index in [0.29, 0.717) is 13.2 Å². The van der Waals surface area contributed by atoms with Crippen molar-refractivity contribution in [2.24, 2.45) is 5.41 Å². The van der Waals surface area contributed by atoms with Gasteiger partial charge in [0.25, 0.3) is 0 Å². The molecule has 0 saturated carbocycles. The molecule has 1 unspecified atom stereocenters. The Morgan fingerprint density at radius 1 is 1.25 bits per heavy atom. The summed E-state index contributed by atoms with van der Waals surface area (Å²) in [4.78, 5) is 25.4. The second-order valence-electron chi connectivity index (χ2n) is 6.98. The lowest BCUT2D eigenvalue weighted by Crippen LogP contribution is -2.61. The molecule has 1 saturated heterocycles. The number of carbonyl (C=O) groups is 2. The van der Waals surface area contributed by atoms with Gasteiger partial charge in [0.05, 0.1) is 0 Å². The molecule has 20 heavy (non-hydrogen) atoms. The first-order valence-electron chi connectivity index (χ1n) is 7.07. The highest BCUT2D eigenvalue weighted by Gasteiger charge is 2.50. The minimum atomic E-state index is -0.904. The molecule has 1 amide bonds. The van der Waals surface area contributed by atoms with Crippen molar-refractivity contribution in [3.05, 3.63) is 0 Å². The van der Waals surface area contributed by atoms with Crippen molar-refractivity contribution in [3.63, 3.8) is 0 Å². The highest BCUT2D eigenvalue weighted by molar-refractivity contribution is 5.77. The van der Waals surface area contributed by atoms with Gasteiger partial charge in [0, 0.05) is 25.7 Å². The third-order valence-corrected chi connectivity index (χ3v) is 4.41. The summed E-state index contributed by atoms with van der Waals surface area (Å²) in [5.41, 5.74) is -1.79. The smallest absolute Gasteiger partial charge is 0.410 e. The van der Waals surface area contributed by atoms with E-state index < -0.39 is 17.2 Å². The van der Waals surface area contributed by atoms with Crippen molar-refractivity contribution in [2.45, 2.75) is 58.6 Å². The van der Waals surface area contributed by atoms with Gasteiger partial charge in [-0.05, 0) is 40.5 Å². The Hall–Kier alpha value is -1.10. The number of rotatable bonds is 3. The number of hydrogen-bond acceptors (Lipinski definition) is 4. The lowest BCUT2D eigenvalue weighted by molar-refractivity contribution is -0.131. The third-order valence-electron chi connectivity index (χ3n) is 4.41. The standard InChI is InChI=1S/C15H27NO4/c1-13(2,3)20-12(18)16(6)15(5,11-17)14(4)7-9-19-10-8-14/h11H,7-10H2,1-6H3. The fraction of sp³-hybridized carbons (Fsp3) is 0.867.